The smallest absolute Gasteiger partial charge is 0.301 e. The first-order chi connectivity index (χ1) is 22.7. The summed E-state index contributed by atoms with van der Waals surface area (Å²) >= 11 is 14.9. The Kier molecular flexibility index (Phi) is 9.79. The Hall–Kier alpha value is -4.03. The van der Waals surface area contributed by atoms with Gasteiger partial charge in [-0.25, -0.2) is 0 Å². The number of carbonyl (C=O) groups excluding carboxylic acids is 2. The SMILES string of the molecule is C=CCOc1ccc([C@@H]2/C(=C(\O)c3ccc4c(c3)C[C@@H](C)O4)C(=O)C(=O)N2c2nnc(SCc3ccc(Cl)cc3Cl)s2)cc1OCC. The summed E-state index contributed by atoms with van der Waals surface area (Å²) in [7, 11) is 0. The number of halogens is 2. The van der Waals surface area contributed by atoms with Gasteiger partial charge in [0, 0.05) is 27.8 Å². The van der Waals surface area contributed by atoms with Gasteiger partial charge in [0.05, 0.1) is 18.2 Å². The largest absolute Gasteiger partial charge is 0.507 e. The monoisotopic (exact) mass is 709 g/mol. The molecule has 47 heavy (non-hydrogen) atoms. The Labute approximate surface area is 289 Å². The number of benzene rings is 3. The lowest BCUT2D eigenvalue weighted by Gasteiger charge is -2.23. The number of hydrogen-bond donors (Lipinski definition) is 1. The van der Waals surface area contributed by atoms with Gasteiger partial charge >= 0.3 is 5.91 Å². The number of aliphatic hydroxyl groups excluding tert-OH is 1. The van der Waals surface area contributed by atoms with Crippen LogP contribution in [0.5, 0.6) is 17.2 Å². The summed E-state index contributed by atoms with van der Waals surface area (Å²) in [5.41, 5.74) is 2.58. The third-order valence-electron chi connectivity index (χ3n) is 7.52. The van der Waals surface area contributed by atoms with E-state index in [9.17, 15) is 14.7 Å². The molecular formula is C34H29Cl2N3O6S2. The predicted molar refractivity (Wildman–Crippen MR) is 184 cm³/mol. The van der Waals surface area contributed by atoms with Crippen molar-refractivity contribution >= 4 is 68.9 Å². The number of thioether (sulfide) groups is 1. The van der Waals surface area contributed by atoms with Crippen LogP contribution in [0.25, 0.3) is 5.76 Å². The van der Waals surface area contributed by atoms with E-state index in [0.717, 1.165) is 28.2 Å². The molecule has 1 N–H and O–H groups in total. The minimum atomic E-state index is -1.04. The van der Waals surface area contributed by atoms with E-state index in [2.05, 4.69) is 16.8 Å². The standard InChI is InChI=1S/C34H29Cl2N3O6S2/c1-4-12-44-26-11-7-19(15-27(26)43-5-2)29-28(30(40)20-8-10-25-22(14-20)13-18(3)45-25)31(41)32(42)39(29)33-37-38-34(47-33)46-17-21-6-9-23(35)16-24(21)36/h4,6-11,14-16,18,29,40H,1,5,12-13,17H2,2-3H3/b30-28+/t18-,29-/m1/s1. The van der Waals surface area contributed by atoms with E-state index in [1.807, 2.05) is 19.9 Å². The summed E-state index contributed by atoms with van der Waals surface area (Å²) in [6.07, 6.45) is 2.27. The molecule has 3 aromatic carbocycles. The Morgan fingerprint density at radius 2 is 1.96 bits per heavy atom. The van der Waals surface area contributed by atoms with E-state index in [4.69, 9.17) is 37.4 Å². The Bertz CT molecular complexity index is 1910. The third kappa shape index (κ3) is 6.71. The molecule has 0 radical (unpaired) electrons. The average Bonchev–Trinajstić information content (AvgIpc) is 3.74. The molecule has 0 spiro atoms. The number of fused-ring (bicyclic) bond motifs is 1. The molecule has 9 nitrogen and oxygen atoms in total. The van der Waals surface area contributed by atoms with Crippen LogP contribution in [-0.4, -0.2) is 46.3 Å². The number of nitrogens with zero attached hydrogens (tertiary/aromatic N) is 3. The fourth-order valence-corrected chi connectivity index (χ4v) is 7.86. The van der Waals surface area contributed by atoms with Crippen molar-refractivity contribution in [2.45, 2.75) is 42.5 Å². The number of Topliss-reactive ketones (excluding diaryl/α,β-unsaturated/α-hetero) is 1. The Morgan fingerprint density at radius 3 is 2.72 bits per heavy atom. The van der Waals surface area contributed by atoms with E-state index >= 15 is 0 Å². The average molecular weight is 711 g/mol. The lowest BCUT2D eigenvalue weighted by atomic mass is 9.94. The van der Waals surface area contributed by atoms with Crippen molar-refractivity contribution in [3.63, 3.8) is 0 Å². The molecule has 0 unspecified atom stereocenters. The van der Waals surface area contributed by atoms with Crippen molar-refractivity contribution in [1.29, 1.82) is 0 Å². The molecule has 242 valence electrons. The van der Waals surface area contributed by atoms with Gasteiger partial charge in [0.25, 0.3) is 5.78 Å². The number of ether oxygens (including phenoxy) is 3. The molecule has 0 saturated carbocycles. The summed E-state index contributed by atoms with van der Waals surface area (Å²) in [4.78, 5) is 28.9. The molecule has 2 aliphatic rings. The van der Waals surface area contributed by atoms with Gasteiger partial charge in [-0.05, 0) is 73.0 Å². The van der Waals surface area contributed by atoms with Gasteiger partial charge in [-0.2, -0.15) is 0 Å². The summed E-state index contributed by atoms with van der Waals surface area (Å²) in [5.74, 6) is 0.0938. The second-order valence-electron chi connectivity index (χ2n) is 10.7. The molecule has 1 saturated heterocycles. The second kappa shape index (κ2) is 14.0. The first-order valence-electron chi connectivity index (χ1n) is 14.7. The van der Waals surface area contributed by atoms with Gasteiger partial charge < -0.3 is 19.3 Å². The Morgan fingerprint density at radius 1 is 1.13 bits per heavy atom. The molecule has 0 aliphatic carbocycles. The maximum absolute atomic E-state index is 13.8. The zero-order chi connectivity index (χ0) is 33.2. The maximum atomic E-state index is 13.8. The molecule has 4 aromatic rings. The molecule has 3 heterocycles. The first-order valence-corrected chi connectivity index (χ1v) is 17.3. The number of rotatable bonds is 11. The summed E-state index contributed by atoms with van der Waals surface area (Å²) in [6.45, 7) is 8.10. The van der Waals surface area contributed by atoms with Gasteiger partial charge in [-0.1, -0.05) is 71.1 Å². The van der Waals surface area contributed by atoms with Crippen molar-refractivity contribution < 1.29 is 28.9 Å². The molecule has 2 atom stereocenters. The van der Waals surface area contributed by atoms with Crippen LogP contribution in [0.3, 0.4) is 0 Å². The number of carbonyl (C=O) groups is 2. The number of aliphatic hydroxyl groups is 1. The number of amides is 1. The van der Waals surface area contributed by atoms with Crippen LogP contribution < -0.4 is 19.1 Å². The van der Waals surface area contributed by atoms with Crippen LogP contribution in [0.4, 0.5) is 5.13 Å². The molecular weight excluding hydrogens is 681 g/mol. The number of hydrogen-bond acceptors (Lipinski definition) is 10. The van der Waals surface area contributed by atoms with Crippen LogP contribution >= 0.6 is 46.3 Å². The minimum Gasteiger partial charge on any atom is -0.507 e. The van der Waals surface area contributed by atoms with Gasteiger partial charge in [-0.3, -0.25) is 14.5 Å². The molecule has 6 rings (SSSR count). The van der Waals surface area contributed by atoms with E-state index in [1.165, 1.54) is 16.7 Å². The summed E-state index contributed by atoms with van der Waals surface area (Å²) in [6, 6.07) is 14.6. The molecule has 2 aliphatic heterocycles. The van der Waals surface area contributed by atoms with Gasteiger partial charge in [0.1, 0.15) is 24.2 Å². The van der Waals surface area contributed by atoms with Gasteiger partial charge in [0.15, 0.2) is 15.8 Å². The lowest BCUT2D eigenvalue weighted by Crippen LogP contribution is -2.29. The highest BCUT2D eigenvalue weighted by atomic mass is 35.5. The van der Waals surface area contributed by atoms with Crippen LogP contribution in [0, 0.1) is 0 Å². The number of aromatic nitrogens is 2. The third-order valence-corrected chi connectivity index (χ3v) is 10.2. The fraction of sp³-hybridized carbons (Fsp3) is 0.235. The van der Waals surface area contributed by atoms with Crippen molar-refractivity contribution in [2.75, 3.05) is 18.1 Å². The van der Waals surface area contributed by atoms with Gasteiger partial charge in [-0.15, -0.1) is 10.2 Å². The van der Waals surface area contributed by atoms with Crippen LogP contribution in [0.15, 0.2) is 77.2 Å². The summed E-state index contributed by atoms with van der Waals surface area (Å²) in [5, 5.41) is 21.6. The molecule has 1 amide bonds. The van der Waals surface area contributed by atoms with E-state index in [0.29, 0.717) is 55.8 Å². The number of anilines is 1. The van der Waals surface area contributed by atoms with Crippen molar-refractivity contribution in [3.8, 4) is 17.2 Å². The van der Waals surface area contributed by atoms with Crippen LogP contribution in [0.2, 0.25) is 10.0 Å². The predicted octanol–water partition coefficient (Wildman–Crippen LogP) is 8.05. The maximum Gasteiger partial charge on any atom is 0.301 e. The van der Waals surface area contributed by atoms with Crippen molar-refractivity contribution in [3.05, 3.63) is 105 Å². The quantitative estimate of drug-likeness (QED) is 0.0413. The van der Waals surface area contributed by atoms with E-state index in [-0.39, 0.29) is 29.2 Å². The van der Waals surface area contributed by atoms with E-state index in [1.54, 1.807) is 54.6 Å². The first kappa shape index (κ1) is 32.9. The second-order valence-corrected chi connectivity index (χ2v) is 13.8. The zero-order valence-electron chi connectivity index (χ0n) is 25.4. The highest BCUT2D eigenvalue weighted by Gasteiger charge is 2.48. The van der Waals surface area contributed by atoms with Crippen molar-refractivity contribution in [2.24, 2.45) is 0 Å². The molecule has 0 bridgehead atoms. The highest BCUT2D eigenvalue weighted by molar-refractivity contribution is 8.00. The fourth-order valence-electron chi connectivity index (χ4n) is 5.44. The molecule has 13 heteroatoms. The van der Waals surface area contributed by atoms with Crippen LogP contribution in [-0.2, 0) is 21.8 Å². The van der Waals surface area contributed by atoms with Gasteiger partial charge in [0.2, 0.25) is 5.13 Å². The van der Waals surface area contributed by atoms with Crippen molar-refractivity contribution in [1.82, 2.24) is 10.2 Å². The molecule has 1 fully saturated rings. The normalized spacial score (nSPS) is 18.3. The summed E-state index contributed by atoms with van der Waals surface area (Å²) < 4.78 is 18.0. The molecule has 1 aromatic heterocycles. The van der Waals surface area contributed by atoms with E-state index < -0.39 is 17.7 Å². The highest BCUT2D eigenvalue weighted by Crippen LogP contribution is 2.46. The lowest BCUT2D eigenvalue weighted by molar-refractivity contribution is -0.132. The van der Waals surface area contributed by atoms with Crippen LogP contribution in [0.1, 0.15) is 42.1 Å². The number of ketones is 1. The zero-order valence-corrected chi connectivity index (χ0v) is 28.5. The topological polar surface area (TPSA) is 111 Å². The minimum absolute atomic E-state index is 0.00743. The Balaban J connectivity index is 1.42.